The Morgan fingerprint density at radius 3 is 2.65 bits per heavy atom. The summed E-state index contributed by atoms with van der Waals surface area (Å²) in [6.07, 6.45) is 6.17. The van der Waals surface area contributed by atoms with Crippen molar-refractivity contribution in [3.05, 3.63) is 0 Å². The Bertz CT molecular complexity index is 253. The molecule has 17 heavy (non-hydrogen) atoms. The molecule has 0 spiro atoms. The third-order valence-electron chi connectivity index (χ3n) is 4.03. The van der Waals surface area contributed by atoms with E-state index in [2.05, 4.69) is 23.9 Å². The number of aliphatic imine (C=N–C) groups is 1. The van der Waals surface area contributed by atoms with Crippen LogP contribution in [0.4, 0.5) is 0 Å². The first kappa shape index (κ1) is 14.6. The van der Waals surface area contributed by atoms with Gasteiger partial charge in [0.05, 0.1) is 13.7 Å². The summed E-state index contributed by atoms with van der Waals surface area (Å²) in [4.78, 5) is 6.98. The van der Waals surface area contributed by atoms with E-state index in [1.165, 1.54) is 31.5 Å². The predicted octanol–water partition coefficient (Wildman–Crippen LogP) is 3.28. The lowest BCUT2D eigenvalue weighted by molar-refractivity contribution is 0.160. The molecule has 2 rings (SSSR count). The van der Waals surface area contributed by atoms with Crippen LogP contribution in [0.15, 0.2) is 4.99 Å². The first-order chi connectivity index (χ1) is 8.24. The highest BCUT2D eigenvalue weighted by molar-refractivity contribution is 6.12. The van der Waals surface area contributed by atoms with Gasteiger partial charge in [-0.1, -0.05) is 32.5 Å². The summed E-state index contributed by atoms with van der Waals surface area (Å²) in [7, 11) is 8.40. The van der Waals surface area contributed by atoms with Crippen molar-refractivity contribution in [3.8, 4) is 0 Å². The van der Waals surface area contributed by atoms with Crippen LogP contribution in [0, 0.1) is 5.92 Å². The van der Waals surface area contributed by atoms with Crippen LogP contribution in [-0.2, 0) is 0 Å². The van der Waals surface area contributed by atoms with Gasteiger partial charge >= 0.3 is 0 Å². The maximum Gasteiger partial charge on any atom is 0.0988 e. The van der Waals surface area contributed by atoms with Gasteiger partial charge in [-0.2, -0.15) is 0 Å². The van der Waals surface area contributed by atoms with Crippen molar-refractivity contribution in [3.63, 3.8) is 0 Å². The summed E-state index contributed by atoms with van der Waals surface area (Å²) in [6.45, 7) is 7.02. The number of amidine groups is 1. The van der Waals surface area contributed by atoms with Crippen molar-refractivity contribution in [2.75, 3.05) is 13.6 Å². The Morgan fingerprint density at radius 1 is 1.29 bits per heavy atom. The molecule has 3 heteroatoms. The van der Waals surface area contributed by atoms with Gasteiger partial charge in [0.1, 0.15) is 0 Å². The molecule has 0 aromatic rings. The standard InChI is InChI=1S/C12H21BN2.C2H6/c1-3-14-12-8-7-9-10(13)5-4-6-11(9)15(12)2;1-2/h9-11H,3-8H2,1-2H3;1-2H3. The molecule has 96 valence electrons. The van der Waals surface area contributed by atoms with Crippen LogP contribution >= 0.6 is 0 Å². The van der Waals surface area contributed by atoms with Gasteiger partial charge < -0.3 is 4.90 Å². The number of piperidine rings is 1. The molecule has 2 nitrogen and oxygen atoms in total. The summed E-state index contributed by atoms with van der Waals surface area (Å²) in [6, 6.07) is 0.660. The number of rotatable bonds is 1. The van der Waals surface area contributed by atoms with Crippen LogP contribution in [-0.4, -0.2) is 38.2 Å². The van der Waals surface area contributed by atoms with Crippen LogP contribution in [0.2, 0.25) is 5.82 Å². The Morgan fingerprint density at radius 2 is 2.00 bits per heavy atom. The number of hydrogen-bond acceptors (Lipinski definition) is 1. The van der Waals surface area contributed by atoms with E-state index in [1.807, 2.05) is 13.8 Å². The van der Waals surface area contributed by atoms with Crippen LogP contribution in [0.1, 0.15) is 52.9 Å². The second-order valence-corrected chi connectivity index (χ2v) is 4.87. The van der Waals surface area contributed by atoms with Crippen LogP contribution < -0.4 is 0 Å². The summed E-state index contributed by atoms with van der Waals surface area (Å²) >= 11 is 0. The zero-order valence-electron chi connectivity index (χ0n) is 11.9. The lowest BCUT2D eigenvalue weighted by Crippen LogP contribution is -2.49. The van der Waals surface area contributed by atoms with Crippen molar-refractivity contribution in [2.45, 2.75) is 64.7 Å². The van der Waals surface area contributed by atoms with Gasteiger partial charge in [-0.3, -0.25) is 4.99 Å². The maximum atomic E-state index is 6.20. The molecule has 0 aromatic heterocycles. The molecule has 1 saturated carbocycles. The van der Waals surface area contributed by atoms with E-state index in [0.717, 1.165) is 13.0 Å². The van der Waals surface area contributed by atoms with E-state index >= 15 is 0 Å². The highest BCUT2D eigenvalue weighted by Crippen LogP contribution is 2.40. The number of nitrogens with zero attached hydrogens (tertiary/aromatic N) is 2. The van der Waals surface area contributed by atoms with Crippen molar-refractivity contribution in [1.29, 1.82) is 0 Å². The number of hydrogen-bond donors (Lipinski definition) is 0. The van der Waals surface area contributed by atoms with Gasteiger partial charge in [0.15, 0.2) is 0 Å². The Balaban J connectivity index is 0.000000686. The molecule has 1 heterocycles. The average molecular weight is 234 g/mol. The summed E-state index contributed by atoms with van der Waals surface area (Å²) < 4.78 is 0. The zero-order chi connectivity index (χ0) is 12.8. The average Bonchev–Trinajstić information content (AvgIpc) is 2.36. The highest BCUT2D eigenvalue weighted by Gasteiger charge is 2.37. The molecule has 1 saturated heterocycles. The molecule has 3 atom stereocenters. The van der Waals surface area contributed by atoms with Gasteiger partial charge in [-0.05, 0) is 25.7 Å². The van der Waals surface area contributed by atoms with Gasteiger partial charge in [0, 0.05) is 26.1 Å². The summed E-state index contributed by atoms with van der Waals surface area (Å²) in [5.74, 6) is 2.43. The monoisotopic (exact) mass is 234 g/mol. The SMILES string of the molecule is CC.[B]C1CCCC2C1CCC(=NCC)N2C. The second-order valence-electron chi connectivity index (χ2n) is 4.87. The van der Waals surface area contributed by atoms with E-state index < -0.39 is 0 Å². The van der Waals surface area contributed by atoms with Gasteiger partial charge in [-0.25, -0.2) is 0 Å². The first-order valence-corrected chi connectivity index (χ1v) is 7.25. The van der Waals surface area contributed by atoms with Crippen LogP contribution in [0.5, 0.6) is 0 Å². The van der Waals surface area contributed by atoms with Gasteiger partial charge in [-0.15, -0.1) is 0 Å². The van der Waals surface area contributed by atoms with E-state index in [-0.39, 0.29) is 0 Å². The van der Waals surface area contributed by atoms with E-state index in [9.17, 15) is 0 Å². The third-order valence-corrected chi connectivity index (χ3v) is 4.03. The number of likely N-dealkylation sites (tertiary alicyclic amines) is 1. The van der Waals surface area contributed by atoms with Crippen LogP contribution in [0.25, 0.3) is 0 Å². The molecule has 0 amide bonds. The number of fused-ring (bicyclic) bond motifs is 1. The molecule has 2 radical (unpaired) electrons. The molecular formula is C14H27BN2. The topological polar surface area (TPSA) is 15.6 Å². The molecule has 3 unspecified atom stereocenters. The molecule has 2 aliphatic rings. The normalized spacial score (nSPS) is 34.9. The zero-order valence-corrected chi connectivity index (χ0v) is 11.9. The maximum absolute atomic E-state index is 6.20. The fourth-order valence-electron chi connectivity index (χ4n) is 3.20. The first-order valence-electron chi connectivity index (χ1n) is 7.25. The molecular weight excluding hydrogens is 207 g/mol. The highest BCUT2D eigenvalue weighted by atomic mass is 15.2. The fourth-order valence-corrected chi connectivity index (χ4v) is 3.20. The fraction of sp³-hybridized carbons (Fsp3) is 0.929. The van der Waals surface area contributed by atoms with Crippen molar-refractivity contribution in [2.24, 2.45) is 10.9 Å². The summed E-state index contributed by atoms with van der Waals surface area (Å²) in [5.41, 5.74) is 0. The molecule has 0 aromatic carbocycles. The van der Waals surface area contributed by atoms with Crippen molar-refractivity contribution < 1.29 is 0 Å². The van der Waals surface area contributed by atoms with E-state index in [1.54, 1.807) is 0 Å². The molecule has 2 fully saturated rings. The van der Waals surface area contributed by atoms with Crippen LogP contribution in [0.3, 0.4) is 0 Å². The third kappa shape index (κ3) is 3.26. The predicted molar refractivity (Wildman–Crippen MR) is 77.0 cm³/mol. The Kier molecular flexibility index (Phi) is 6.08. The Labute approximate surface area is 108 Å². The minimum Gasteiger partial charge on any atom is -0.360 e. The minimum atomic E-state index is 0.425. The minimum absolute atomic E-state index is 0.425. The van der Waals surface area contributed by atoms with Gasteiger partial charge in [0.2, 0.25) is 0 Å². The largest absolute Gasteiger partial charge is 0.360 e. The van der Waals surface area contributed by atoms with Crippen molar-refractivity contribution in [1.82, 2.24) is 4.90 Å². The lowest BCUT2D eigenvalue weighted by Gasteiger charge is -2.47. The molecule has 0 bridgehead atoms. The van der Waals surface area contributed by atoms with E-state index in [4.69, 9.17) is 7.85 Å². The van der Waals surface area contributed by atoms with Gasteiger partial charge in [0.25, 0.3) is 0 Å². The second kappa shape index (κ2) is 7.08. The molecule has 0 N–H and O–H groups in total. The lowest BCUT2D eigenvalue weighted by atomic mass is 9.63. The summed E-state index contributed by atoms with van der Waals surface area (Å²) in [5, 5.41) is 0. The van der Waals surface area contributed by atoms with Crippen molar-refractivity contribution >= 4 is 13.7 Å². The smallest absolute Gasteiger partial charge is 0.0988 e. The molecule has 1 aliphatic heterocycles. The Hall–Kier alpha value is -0.465. The van der Waals surface area contributed by atoms with E-state index in [0.29, 0.717) is 17.8 Å². The molecule has 1 aliphatic carbocycles. The quantitative estimate of drug-likeness (QED) is 0.636.